The molecule has 0 fully saturated rings. The van der Waals surface area contributed by atoms with Gasteiger partial charge in [-0.05, 0) is 11.1 Å². The molecule has 2 aromatic rings. The largest absolute Gasteiger partial charge is 0.401 e. The molecule has 3 rings (SSSR count). The van der Waals surface area contributed by atoms with Crippen LogP contribution in [0, 0.1) is 0 Å². The van der Waals surface area contributed by atoms with Gasteiger partial charge in [-0.25, -0.2) is 0 Å². The third kappa shape index (κ3) is 2.26. The monoisotopic (exact) mass is 262 g/mol. The summed E-state index contributed by atoms with van der Waals surface area (Å²) in [5, 5.41) is 0. The first-order valence-electron chi connectivity index (χ1n) is 6.77. The third-order valence-corrected chi connectivity index (χ3v) is 3.77. The van der Waals surface area contributed by atoms with E-state index in [-0.39, 0.29) is 0 Å². The Morgan fingerprint density at radius 3 is 2.05 bits per heavy atom. The van der Waals surface area contributed by atoms with Crippen LogP contribution in [0.15, 0.2) is 78.5 Å². The molecular weight excluding hydrogens is 244 g/mol. The van der Waals surface area contributed by atoms with Crippen LogP contribution in [0.3, 0.4) is 0 Å². The van der Waals surface area contributed by atoms with Crippen molar-refractivity contribution in [3.05, 3.63) is 89.6 Å². The Hall–Kier alpha value is -2.32. The number of nitrogens with two attached hydrogens (primary N) is 2. The van der Waals surface area contributed by atoms with Crippen LogP contribution in [0.5, 0.6) is 0 Å². The van der Waals surface area contributed by atoms with Gasteiger partial charge in [0, 0.05) is 17.7 Å². The van der Waals surface area contributed by atoms with Gasteiger partial charge in [0.15, 0.2) is 0 Å². The van der Waals surface area contributed by atoms with E-state index in [9.17, 15) is 0 Å². The summed E-state index contributed by atoms with van der Waals surface area (Å²) >= 11 is 0. The standard InChI is InChI=1S/C18H18N2/c19-17-13-18(20,15-9-5-2-6-10-15)12-11-16(17)14-7-3-1-4-8-14/h1-12H,13,19-20H2. The smallest absolute Gasteiger partial charge is 0.0653 e. The molecule has 2 nitrogen and oxygen atoms in total. The molecule has 0 heterocycles. The number of hydrogen-bond acceptors (Lipinski definition) is 2. The van der Waals surface area contributed by atoms with Gasteiger partial charge in [0.2, 0.25) is 0 Å². The Morgan fingerprint density at radius 1 is 0.850 bits per heavy atom. The first-order chi connectivity index (χ1) is 9.69. The lowest BCUT2D eigenvalue weighted by molar-refractivity contribution is 0.547. The van der Waals surface area contributed by atoms with Crippen molar-refractivity contribution in [2.45, 2.75) is 12.0 Å². The van der Waals surface area contributed by atoms with E-state index < -0.39 is 5.54 Å². The zero-order valence-electron chi connectivity index (χ0n) is 11.3. The summed E-state index contributed by atoms with van der Waals surface area (Å²) in [4.78, 5) is 0. The first kappa shape index (κ1) is 12.7. The summed E-state index contributed by atoms with van der Waals surface area (Å²) < 4.78 is 0. The lowest BCUT2D eigenvalue weighted by atomic mass is 9.80. The van der Waals surface area contributed by atoms with Crippen LogP contribution in [0.2, 0.25) is 0 Å². The molecule has 4 N–H and O–H groups in total. The molecule has 20 heavy (non-hydrogen) atoms. The SMILES string of the molecule is NC1=C(c2ccccc2)C=CC(N)(c2ccccc2)C1. The van der Waals surface area contributed by atoms with Crippen molar-refractivity contribution in [3.63, 3.8) is 0 Å². The van der Waals surface area contributed by atoms with E-state index in [0.29, 0.717) is 6.42 Å². The van der Waals surface area contributed by atoms with Crippen LogP contribution in [-0.4, -0.2) is 0 Å². The van der Waals surface area contributed by atoms with Gasteiger partial charge < -0.3 is 11.5 Å². The number of hydrogen-bond donors (Lipinski definition) is 2. The molecule has 0 spiro atoms. The molecule has 0 aromatic heterocycles. The van der Waals surface area contributed by atoms with E-state index >= 15 is 0 Å². The third-order valence-electron chi connectivity index (χ3n) is 3.77. The van der Waals surface area contributed by atoms with Crippen molar-refractivity contribution in [1.29, 1.82) is 0 Å². The van der Waals surface area contributed by atoms with Crippen LogP contribution in [0.1, 0.15) is 17.5 Å². The van der Waals surface area contributed by atoms with Crippen molar-refractivity contribution in [2.75, 3.05) is 0 Å². The van der Waals surface area contributed by atoms with Crippen LogP contribution < -0.4 is 11.5 Å². The molecule has 0 amide bonds. The molecule has 1 atom stereocenters. The maximum absolute atomic E-state index is 6.51. The number of allylic oxidation sites excluding steroid dienone is 2. The first-order valence-corrected chi connectivity index (χ1v) is 6.77. The minimum atomic E-state index is -0.510. The van der Waals surface area contributed by atoms with E-state index in [1.165, 1.54) is 0 Å². The zero-order valence-corrected chi connectivity index (χ0v) is 11.3. The summed E-state index contributed by atoms with van der Waals surface area (Å²) in [6.45, 7) is 0. The highest BCUT2D eigenvalue weighted by atomic mass is 14.8. The molecular formula is C18H18N2. The molecule has 1 aliphatic carbocycles. The summed E-state index contributed by atoms with van der Waals surface area (Å²) in [6.07, 6.45) is 4.74. The van der Waals surface area contributed by atoms with E-state index in [4.69, 9.17) is 11.5 Å². The van der Waals surface area contributed by atoms with Crippen molar-refractivity contribution in [2.24, 2.45) is 11.5 Å². The minimum Gasteiger partial charge on any atom is -0.401 e. The van der Waals surface area contributed by atoms with Crippen molar-refractivity contribution in [3.8, 4) is 0 Å². The normalized spacial score (nSPS) is 22.1. The van der Waals surface area contributed by atoms with E-state index in [1.807, 2.05) is 54.6 Å². The second-order valence-electron chi connectivity index (χ2n) is 5.22. The second kappa shape index (κ2) is 4.99. The second-order valence-corrected chi connectivity index (χ2v) is 5.22. The van der Waals surface area contributed by atoms with Crippen LogP contribution >= 0.6 is 0 Å². The molecule has 0 aliphatic heterocycles. The molecule has 0 bridgehead atoms. The Bertz CT molecular complexity index is 656. The molecule has 100 valence electrons. The van der Waals surface area contributed by atoms with Crippen LogP contribution in [0.4, 0.5) is 0 Å². The van der Waals surface area contributed by atoms with Gasteiger partial charge in [-0.3, -0.25) is 0 Å². The molecule has 0 radical (unpaired) electrons. The maximum Gasteiger partial charge on any atom is 0.0653 e. The van der Waals surface area contributed by atoms with Crippen molar-refractivity contribution < 1.29 is 0 Å². The molecule has 2 aromatic carbocycles. The lowest BCUT2D eigenvalue weighted by Crippen LogP contribution is -2.37. The average molecular weight is 262 g/mol. The molecule has 1 aliphatic rings. The highest BCUT2D eigenvalue weighted by Crippen LogP contribution is 2.34. The number of rotatable bonds is 2. The van der Waals surface area contributed by atoms with Gasteiger partial charge in [-0.2, -0.15) is 0 Å². The molecule has 0 saturated heterocycles. The summed E-state index contributed by atoms with van der Waals surface area (Å²) in [6, 6.07) is 20.3. The minimum absolute atomic E-state index is 0.510. The van der Waals surface area contributed by atoms with E-state index in [2.05, 4.69) is 18.2 Å². The maximum atomic E-state index is 6.51. The van der Waals surface area contributed by atoms with E-state index in [0.717, 1.165) is 22.4 Å². The van der Waals surface area contributed by atoms with E-state index in [1.54, 1.807) is 0 Å². The average Bonchev–Trinajstić information content (AvgIpc) is 2.49. The summed E-state index contributed by atoms with van der Waals surface area (Å²) in [7, 11) is 0. The van der Waals surface area contributed by atoms with Gasteiger partial charge >= 0.3 is 0 Å². The predicted molar refractivity (Wildman–Crippen MR) is 83.6 cm³/mol. The Balaban J connectivity index is 1.95. The van der Waals surface area contributed by atoms with Crippen molar-refractivity contribution >= 4 is 5.57 Å². The lowest BCUT2D eigenvalue weighted by Gasteiger charge is -2.31. The highest BCUT2D eigenvalue weighted by Gasteiger charge is 2.28. The molecule has 2 heteroatoms. The summed E-state index contributed by atoms with van der Waals surface area (Å²) in [5.41, 5.74) is 16.4. The van der Waals surface area contributed by atoms with Crippen LogP contribution in [0.25, 0.3) is 5.57 Å². The molecule has 0 saturated carbocycles. The fourth-order valence-corrected chi connectivity index (χ4v) is 2.65. The fourth-order valence-electron chi connectivity index (χ4n) is 2.65. The zero-order chi connectivity index (χ0) is 14.0. The quantitative estimate of drug-likeness (QED) is 0.873. The fraction of sp³-hybridized carbons (Fsp3) is 0.111. The van der Waals surface area contributed by atoms with Gasteiger partial charge in [-0.1, -0.05) is 72.8 Å². The Kier molecular flexibility index (Phi) is 3.17. The van der Waals surface area contributed by atoms with Gasteiger partial charge in [0.1, 0.15) is 0 Å². The highest BCUT2D eigenvalue weighted by molar-refractivity contribution is 5.78. The summed E-state index contributed by atoms with van der Waals surface area (Å²) in [5.74, 6) is 0. The Labute approximate surface area is 119 Å². The predicted octanol–water partition coefficient (Wildman–Crippen LogP) is 3.17. The van der Waals surface area contributed by atoms with Gasteiger partial charge in [0.25, 0.3) is 0 Å². The van der Waals surface area contributed by atoms with Crippen molar-refractivity contribution in [1.82, 2.24) is 0 Å². The number of benzene rings is 2. The van der Waals surface area contributed by atoms with Crippen LogP contribution in [-0.2, 0) is 5.54 Å². The van der Waals surface area contributed by atoms with Gasteiger partial charge in [0.05, 0.1) is 5.54 Å². The molecule has 1 unspecified atom stereocenters. The van der Waals surface area contributed by atoms with Gasteiger partial charge in [-0.15, -0.1) is 0 Å². The topological polar surface area (TPSA) is 52.0 Å². The Morgan fingerprint density at radius 2 is 1.45 bits per heavy atom.